The third-order valence-electron chi connectivity index (χ3n) is 2.47. The molecular formula is C9H20N2O. The molecule has 0 aromatic carbocycles. The minimum absolute atomic E-state index is 0.494. The van der Waals surface area contributed by atoms with E-state index in [-0.39, 0.29) is 0 Å². The van der Waals surface area contributed by atoms with Crippen LogP contribution >= 0.6 is 0 Å². The summed E-state index contributed by atoms with van der Waals surface area (Å²) in [5.41, 5.74) is 5.61. The molecular weight excluding hydrogens is 152 g/mol. The molecule has 1 unspecified atom stereocenters. The van der Waals surface area contributed by atoms with Crippen molar-refractivity contribution in [3.05, 3.63) is 0 Å². The fraction of sp³-hybridized carbons (Fsp3) is 1.00. The van der Waals surface area contributed by atoms with Gasteiger partial charge in [-0.3, -0.25) is 0 Å². The Balaban J connectivity index is 2.18. The maximum absolute atomic E-state index is 5.61. The zero-order valence-electron chi connectivity index (χ0n) is 7.88. The first-order valence-electron chi connectivity index (χ1n) is 4.90. The molecule has 1 aliphatic rings. The number of rotatable bonds is 4. The molecule has 1 heterocycles. The van der Waals surface area contributed by atoms with E-state index in [1.807, 2.05) is 0 Å². The number of ether oxygens (including phenoxy) is 1. The Kier molecular flexibility index (Phi) is 4.58. The van der Waals surface area contributed by atoms with Crippen LogP contribution in [0.25, 0.3) is 0 Å². The predicted molar refractivity (Wildman–Crippen MR) is 50.1 cm³/mol. The van der Waals surface area contributed by atoms with Gasteiger partial charge in [0.2, 0.25) is 0 Å². The second-order valence-electron chi connectivity index (χ2n) is 3.39. The van der Waals surface area contributed by atoms with Gasteiger partial charge < -0.3 is 15.8 Å². The van der Waals surface area contributed by atoms with Gasteiger partial charge >= 0.3 is 0 Å². The van der Waals surface area contributed by atoms with Gasteiger partial charge in [-0.05, 0) is 19.3 Å². The number of nitrogens with two attached hydrogens (primary N) is 1. The van der Waals surface area contributed by atoms with Crippen molar-refractivity contribution in [3.8, 4) is 0 Å². The summed E-state index contributed by atoms with van der Waals surface area (Å²) in [6.07, 6.45) is 3.39. The van der Waals surface area contributed by atoms with Gasteiger partial charge in [0.25, 0.3) is 0 Å². The first-order valence-corrected chi connectivity index (χ1v) is 4.90. The predicted octanol–water partition coefficient (Wildman–Crippen LogP) is 0.492. The summed E-state index contributed by atoms with van der Waals surface area (Å²) in [6, 6.07) is 1.13. The highest BCUT2D eigenvalue weighted by atomic mass is 16.5. The van der Waals surface area contributed by atoms with Crippen LogP contribution in [0, 0.1) is 0 Å². The molecule has 0 bridgehead atoms. The van der Waals surface area contributed by atoms with E-state index in [9.17, 15) is 0 Å². The number of hydrogen-bond acceptors (Lipinski definition) is 3. The van der Waals surface area contributed by atoms with Crippen LogP contribution in [0.2, 0.25) is 0 Å². The monoisotopic (exact) mass is 172 g/mol. The second kappa shape index (κ2) is 5.51. The Morgan fingerprint density at radius 2 is 2.17 bits per heavy atom. The molecule has 0 radical (unpaired) electrons. The van der Waals surface area contributed by atoms with Crippen molar-refractivity contribution < 1.29 is 4.74 Å². The molecule has 1 rings (SSSR count). The minimum Gasteiger partial charge on any atom is -0.381 e. The summed E-state index contributed by atoms with van der Waals surface area (Å²) in [5, 5.41) is 3.55. The molecule has 0 amide bonds. The van der Waals surface area contributed by atoms with Crippen LogP contribution in [0.4, 0.5) is 0 Å². The van der Waals surface area contributed by atoms with Crippen LogP contribution in [0.15, 0.2) is 0 Å². The molecule has 1 fully saturated rings. The van der Waals surface area contributed by atoms with E-state index in [0.717, 1.165) is 39.0 Å². The fourth-order valence-electron chi connectivity index (χ4n) is 1.55. The molecule has 3 nitrogen and oxygen atoms in total. The van der Waals surface area contributed by atoms with Crippen molar-refractivity contribution in [2.45, 2.75) is 38.3 Å². The standard InChI is InChI=1S/C9H20N2O/c1-2-8(7-10)11-9-3-5-12-6-4-9/h8-9,11H,2-7,10H2,1H3. The lowest BCUT2D eigenvalue weighted by molar-refractivity contribution is 0.0750. The molecule has 3 heteroatoms. The van der Waals surface area contributed by atoms with Gasteiger partial charge in [-0.1, -0.05) is 6.92 Å². The molecule has 1 saturated heterocycles. The number of nitrogens with one attached hydrogen (secondary N) is 1. The highest BCUT2D eigenvalue weighted by molar-refractivity contribution is 4.75. The summed E-state index contributed by atoms with van der Waals surface area (Å²) in [5.74, 6) is 0. The van der Waals surface area contributed by atoms with Crippen LogP contribution in [0.5, 0.6) is 0 Å². The SMILES string of the molecule is CCC(CN)NC1CCOCC1. The van der Waals surface area contributed by atoms with E-state index in [2.05, 4.69) is 12.2 Å². The van der Waals surface area contributed by atoms with E-state index in [0.29, 0.717) is 12.1 Å². The van der Waals surface area contributed by atoms with Gasteiger partial charge in [0.15, 0.2) is 0 Å². The van der Waals surface area contributed by atoms with Crippen molar-refractivity contribution in [2.24, 2.45) is 5.73 Å². The van der Waals surface area contributed by atoms with E-state index in [1.165, 1.54) is 0 Å². The van der Waals surface area contributed by atoms with E-state index >= 15 is 0 Å². The van der Waals surface area contributed by atoms with E-state index < -0.39 is 0 Å². The lowest BCUT2D eigenvalue weighted by Gasteiger charge is -2.27. The summed E-state index contributed by atoms with van der Waals surface area (Å²) in [4.78, 5) is 0. The zero-order valence-corrected chi connectivity index (χ0v) is 7.88. The van der Waals surface area contributed by atoms with E-state index in [1.54, 1.807) is 0 Å². The maximum Gasteiger partial charge on any atom is 0.0480 e. The van der Waals surface area contributed by atoms with Crippen molar-refractivity contribution in [2.75, 3.05) is 19.8 Å². The highest BCUT2D eigenvalue weighted by Gasteiger charge is 2.15. The van der Waals surface area contributed by atoms with Gasteiger partial charge in [0, 0.05) is 31.8 Å². The molecule has 1 aliphatic heterocycles. The van der Waals surface area contributed by atoms with E-state index in [4.69, 9.17) is 10.5 Å². The first-order chi connectivity index (χ1) is 5.86. The summed E-state index contributed by atoms with van der Waals surface area (Å²) < 4.78 is 5.28. The average molecular weight is 172 g/mol. The van der Waals surface area contributed by atoms with Crippen LogP contribution in [0.1, 0.15) is 26.2 Å². The van der Waals surface area contributed by atoms with Crippen molar-refractivity contribution in [1.29, 1.82) is 0 Å². The van der Waals surface area contributed by atoms with Gasteiger partial charge in [-0.15, -0.1) is 0 Å². The quantitative estimate of drug-likeness (QED) is 0.649. The average Bonchev–Trinajstić information content (AvgIpc) is 2.16. The van der Waals surface area contributed by atoms with Gasteiger partial charge in [-0.2, -0.15) is 0 Å². The summed E-state index contributed by atoms with van der Waals surface area (Å²) in [6.45, 7) is 4.72. The summed E-state index contributed by atoms with van der Waals surface area (Å²) >= 11 is 0. The zero-order chi connectivity index (χ0) is 8.81. The van der Waals surface area contributed by atoms with Crippen LogP contribution < -0.4 is 11.1 Å². The topological polar surface area (TPSA) is 47.3 Å². The Morgan fingerprint density at radius 1 is 1.50 bits per heavy atom. The van der Waals surface area contributed by atoms with Crippen molar-refractivity contribution in [3.63, 3.8) is 0 Å². The molecule has 0 spiro atoms. The molecule has 72 valence electrons. The third kappa shape index (κ3) is 3.09. The molecule has 12 heavy (non-hydrogen) atoms. The second-order valence-corrected chi connectivity index (χ2v) is 3.39. The van der Waals surface area contributed by atoms with Crippen LogP contribution in [-0.2, 0) is 4.74 Å². The van der Waals surface area contributed by atoms with Crippen LogP contribution in [0.3, 0.4) is 0 Å². The molecule has 0 saturated carbocycles. The molecule has 0 aliphatic carbocycles. The highest BCUT2D eigenvalue weighted by Crippen LogP contribution is 2.07. The van der Waals surface area contributed by atoms with Crippen molar-refractivity contribution >= 4 is 0 Å². The number of hydrogen-bond donors (Lipinski definition) is 2. The molecule has 0 aromatic heterocycles. The smallest absolute Gasteiger partial charge is 0.0480 e. The van der Waals surface area contributed by atoms with Gasteiger partial charge in [0.05, 0.1) is 0 Å². The Bertz CT molecular complexity index is 109. The first kappa shape index (κ1) is 9.96. The maximum atomic E-state index is 5.61. The summed E-state index contributed by atoms with van der Waals surface area (Å²) in [7, 11) is 0. The Hall–Kier alpha value is -0.120. The lowest BCUT2D eigenvalue weighted by atomic mass is 10.1. The fourth-order valence-corrected chi connectivity index (χ4v) is 1.55. The van der Waals surface area contributed by atoms with Crippen LogP contribution in [-0.4, -0.2) is 31.8 Å². The minimum atomic E-state index is 0.494. The molecule has 3 N–H and O–H groups in total. The lowest BCUT2D eigenvalue weighted by Crippen LogP contribution is -2.44. The van der Waals surface area contributed by atoms with Gasteiger partial charge in [-0.25, -0.2) is 0 Å². The third-order valence-corrected chi connectivity index (χ3v) is 2.47. The van der Waals surface area contributed by atoms with Crippen molar-refractivity contribution in [1.82, 2.24) is 5.32 Å². The normalized spacial score (nSPS) is 22.5. The molecule has 1 atom stereocenters. The molecule has 0 aromatic rings. The van der Waals surface area contributed by atoms with Gasteiger partial charge in [0.1, 0.15) is 0 Å². The Morgan fingerprint density at radius 3 is 2.67 bits per heavy atom. The Labute approximate surface area is 74.7 Å². The largest absolute Gasteiger partial charge is 0.381 e.